The summed E-state index contributed by atoms with van der Waals surface area (Å²) in [6, 6.07) is 9.34. The minimum atomic E-state index is 0.343. The molecule has 1 fully saturated rings. The van der Waals surface area contributed by atoms with Crippen LogP contribution < -0.4 is 5.32 Å². The fourth-order valence-corrected chi connectivity index (χ4v) is 2.68. The van der Waals surface area contributed by atoms with Crippen molar-refractivity contribution >= 4 is 0 Å². The Kier molecular flexibility index (Phi) is 6.02. The van der Waals surface area contributed by atoms with Gasteiger partial charge in [0.2, 0.25) is 0 Å². The van der Waals surface area contributed by atoms with E-state index in [0.717, 1.165) is 32.7 Å². The summed E-state index contributed by atoms with van der Waals surface area (Å²) in [5.74, 6) is 0. The van der Waals surface area contributed by atoms with E-state index in [2.05, 4.69) is 55.4 Å². The maximum atomic E-state index is 5.77. The van der Waals surface area contributed by atoms with Crippen molar-refractivity contribution in [2.45, 2.75) is 38.8 Å². The molecule has 2 atom stereocenters. The van der Waals surface area contributed by atoms with E-state index in [-0.39, 0.29) is 0 Å². The van der Waals surface area contributed by atoms with Crippen molar-refractivity contribution in [2.24, 2.45) is 0 Å². The summed E-state index contributed by atoms with van der Waals surface area (Å²) in [7, 11) is 2.16. The van der Waals surface area contributed by atoms with Crippen LogP contribution >= 0.6 is 0 Å². The third-order valence-corrected chi connectivity index (χ3v) is 3.98. The van der Waals surface area contributed by atoms with E-state index in [1.807, 2.05) is 0 Å². The van der Waals surface area contributed by atoms with Crippen molar-refractivity contribution in [3.05, 3.63) is 35.4 Å². The maximum absolute atomic E-state index is 5.77. The van der Waals surface area contributed by atoms with Crippen LogP contribution in [0.5, 0.6) is 0 Å². The lowest BCUT2D eigenvalue weighted by Gasteiger charge is -2.31. The van der Waals surface area contributed by atoms with Crippen LogP contribution in [0.2, 0.25) is 0 Å². The SMILES string of the molecule is Cc1cccc(CCC(C)NCC2CN(C)CCO2)c1. The van der Waals surface area contributed by atoms with E-state index in [0.29, 0.717) is 12.1 Å². The van der Waals surface area contributed by atoms with Crippen LogP contribution in [0.3, 0.4) is 0 Å². The summed E-state index contributed by atoms with van der Waals surface area (Å²) in [5.41, 5.74) is 2.79. The van der Waals surface area contributed by atoms with Gasteiger partial charge in [0.25, 0.3) is 0 Å². The molecule has 1 aliphatic heterocycles. The molecule has 0 aromatic heterocycles. The van der Waals surface area contributed by atoms with Crippen LogP contribution in [0, 0.1) is 6.92 Å². The molecule has 3 nitrogen and oxygen atoms in total. The number of aryl methyl sites for hydroxylation is 2. The van der Waals surface area contributed by atoms with Gasteiger partial charge in [-0.1, -0.05) is 29.8 Å². The first-order chi connectivity index (χ1) is 9.63. The average molecular weight is 276 g/mol. The smallest absolute Gasteiger partial charge is 0.0826 e. The number of rotatable bonds is 6. The number of benzene rings is 1. The summed E-state index contributed by atoms with van der Waals surface area (Å²) < 4.78 is 5.77. The molecule has 0 amide bonds. The Labute approximate surface area is 123 Å². The van der Waals surface area contributed by atoms with Crippen molar-refractivity contribution in [1.82, 2.24) is 10.2 Å². The maximum Gasteiger partial charge on any atom is 0.0826 e. The number of morpholine rings is 1. The van der Waals surface area contributed by atoms with Crippen LogP contribution in [0.15, 0.2) is 24.3 Å². The molecule has 1 heterocycles. The van der Waals surface area contributed by atoms with Crippen molar-refractivity contribution < 1.29 is 4.74 Å². The lowest BCUT2D eigenvalue weighted by molar-refractivity contribution is -0.0191. The first-order valence-electron chi connectivity index (χ1n) is 7.72. The molecule has 1 saturated heterocycles. The first-order valence-corrected chi connectivity index (χ1v) is 7.72. The second-order valence-corrected chi connectivity index (χ2v) is 6.09. The number of nitrogens with zero attached hydrogens (tertiary/aromatic N) is 1. The van der Waals surface area contributed by atoms with E-state index < -0.39 is 0 Å². The summed E-state index contributed by atoms with van der Waals surface area (Å²) in [6.07, 6.45) is 2.66. The standard InChI is InChI=1S/C17H28N2O/c1-14-5-4-6-16(11-14)8-7-15(2)18-12-17-13-19(3)9-10-20-17/h4-6,11,15,17-18H,7-10,12-13H2,1-3H3. The topological polar surface area (TPSA) is 24.5 Å². The predicted octanol–water partition coefficient (Wildman–Crippen LogP) is 2.24. The highest BCUT2D eigenvalue weighted by Crippen LogP contribution is 2.08. The molecule has 0 saturated carbocycles. The fraction of sp³-hybridized carbons (Fsp3) is 0.647. The van der Waals surface area contributed by atoms with Gasteiger partial charge in [0.1, 0.15) is 0 Å². The van der Waals surface area contributed by atoms with Crippen LogP contribution in [0.1, 0.15) is 24.5 Å². The van der Waals surface area contributed by atoms with Gasteiger partial charge in [-0.25, -0.2) is 0 Å². The Balaban J connectivity index is 1.66. The lowest BCUT2D eigenvalue weighted by Crippen LogP contribution is -2.46. The van der Waals surface area contributed by atoms with Gasteiger partial charge in [0, 0.05) is 25.7 Å². The molecule has 1 aliphatic rings. The van der Waals surface area contributed by atoms with Gasteiger partial charge in [-0.05, 0) is 39.3 Å². The normalized spacial score (nSPS) is 21.9. The zero-order valence-corrected chi connectivity index (χ0v) is 13.1. The minimum Gasteiger partial charge on any atom is -0.374 e. The molecule has 0 bridgehead atoms. The van der Waals surface area contributed by atoms with Crippen molar-refractivity contribution in [2.75, 3.05) is 33.3 Å². The second kappa shape index (κ2) is 7.77. The van der Waals surface area contributed by atoms with E-state index in [1.54, 1.807) is 0 Å². The Bertz CT molecular complexity index is 408. The van der Waals surface area contributed by atoms with Gasteiger partial charge in [-0.2, -0.15) is 0 Å². The summed E-state index contributed by atoms with van der Waals surface area (Å²) in [6.45, 7) is 8.33. The molecule has 1 aromatic rings. The van der Waals surface area contributed by atoms with Crippen LogP contribution in [-0.4, -0.2) is 50.3 Å². The molecule has 2 unspecified atom stereocenters. The number of hydrogen-bond acceptors (Lipinski definition) is 3. The Morgan fingerprint density at radius 2 is 2.30 bits per heavy atom. The minimum absolute atomic E-state index is 0.343. The Morgan fingerprint density at radius 3 is 3.05 bits per heavy atom. The number of nitrogens with one attached hydrogen (secondary N) is 1. The fourth-order valence-electron chi connectivity index (χ4n) is 2.68. The number of ether oxygens (including phenoxy) is 1. The van der Waals surface area contributed by atoms with Crippen LogP contribution in [-0.2, 0) is 11.2 Å². The highest BCUT2D eigenvalue weighted by atomic mass is 16.5. The van der Waals surface area contributed by atoms with Crippen molar-refractivity contribution in [3.63, 3.8) is 0 Å². The lowest BCUT2D eigenvalue weighted by atomic mass is 10.0. The van der Waals surface area contributed by atoms with Gasteiger partial charge in [-0.3, -0.25) is 0 Å². The van der Waals surface area contributed by atoms with Crippen molar-refractivity contribution in [3.8, 4) is 0 Å². The third kappa shape index (κ3) is 5.23. The largest absolute Gasteiger partial charge is 0.374 e. The van der Waals surface area contributed by atoms with E-state index in [9.17, 15) is 0 Å². The zero-order valence-electron chi connectivity index (χ0n) is 13.1. The van der Waals surface area contributed by atoms with Gasteiger partial charge < -0.3 is 15.0 Å². The number of hydrogen-bond donors (Lipinski definition) is 1. The molecule has 112 valence electrons. The predicted molar refractivity (Wildman–Crippen MR) is 84.2 cm³/mol. The molecular weight excluding hydrogens is 248 g/mol. The van der Waals surface area contributed by atoms with E-state index >= 15 is 0 Å². The first kappa shape index (κ1) is 15.5. The molecule has 20 heavy (non-hydrogen) atoms. The summed E-state index contributed by atoms with van der Waals surface area (Å²) >= 11 is 0. The summed E-state index contributed by atoms with van der Waals surface area (Å²) in [5, 5.41) is 3.61. The van der Waals surface area contributed by atoms with Crippen molar-refractivity contribution in [1.29, 1.82) is 0 Å². The molecule has 0 aliphatic carbocycles. The zero-order chi connectivity index (χ0) is 14.4. The Morgan fingerprint density at radius 1 is 1.45 bits per heavy atom. The molecule has 2 rings (SSSR count). The highest BCUT2D eigenvalue weighted by molar-refractivity contribution is 5.22. The quantitative estimate of drug-likeness (QED) is 0.862. The molecule has 0 radical (unpaired) electrons. The van der Waals surface area contributed by atoms with Gasteiger partial charge in [0.05, 0.1) is 12.7 Å². The molecule has 1 N–H and O–H groups in total. The van der Waals surface area contributed by atoms with Crippen LogP contribution in [0.25, 0.3) is 0 Å². The van der Waals surface area contributed by atoms with Crippen LogP contribution in [0.4, 0.5) is 0 Å². The summed E-state index contributed by atoms with van der Waals surface area (Å²) in [4.78, 5) is 2.34. The number of likely N-dealkylation sites (N-methyl/N-ethyl adjacent to an activating group) is 1. The molecule has 3 heteroatoms. The third-order valence-electron chi connectivity index (χ3n) is 3.98. The van der Waals surface area contributed by atoms with E-state index in [1.165, 1.54) is 17.5 Å². The molecule has 0 spiro atoms. The Hall–Kier alpha value is -0.900. The monoisotopic (exact) mass is 276 g/mol. The second-order valence-electron chi connectivity index (χ2n) is 6.09. The average Bonchev–Trinajstić information content (AvgIpc) is 2.43. The molecular formula is C17H28N2O. The van der Waals surface area contributed by atoms with Gasteiger partial charge in [0.15, 0.2) is 0 Å². The van der Waals surface area contributed by atoms with Gasteiger partial charge in [-0.15, -0.1) is 0 Å². The van der Waals surface area contributed by atoms with E-state index in [4.69, 9.17) is 4.74 Å². The molecule has 1 aromatic carbocycles. The highest BCUT2D eigenvalue weighted by Gasteiger charge is 2.17. The van der Waals surface area contributed by atoms with Gasteiger partial charge >= 0.3 is 0 Å².